The molecule has 0 fully saturated rings. The molecule has 3 aromatic carbocycles. The molecule has 0 saturated heterocycles. The molecule has 1 aliphatic rings. The van der Waals surface area contributed by atoms with Crippen LogP contribution in [0, 0.1) is 0 Å². The summed E-state index contributed by atoms with van der Waals surface area (Å²) in [6.45, 7) is 0.277. The lowest BCUT2D eigenvalue weighted by atomic mass is 10.2. The average molecular weight is 317 g/mol. The lowest BCUT2D eigenvalue weighted by molar-refractivity contribution is 0.174. The topological polar surface area (TPSA) is 40.0 Å². The molecule has 3 aromatic rings. The molecule has 0 saturated carbocycles. The van der Waals surface area contributed by atoms with E-state index in [1.807, 2.05) is 72.8 Å². The van der Waals surface area contributed by atoms with Crippen molar-refractivity contribution in [3.8, 4) is 23.0 Å². The fraction of sp³-hybridized carbons (Fsp3) is 0.0500. The van der Waals surface area contributed by atoms with E-state index in [-0.39, 0.29) is 6.79 Å². The van der Waals surface area contributed by atoms with Crippen LogP contribution >= 0.6 is 0 Å². The van der Waals surface area contributed by atoms with Gasteiger partial charge in [-0.15, -0.1) is 0 Å². The Labute approximate surface area is 140 Å². The molecule has 4 nitrogen and oxygen atoms in total. The summed E-state index contributed by atoms with van der Waals surface area (Å²) in [5, 5.41) is 0. The van der Waals surface area contributed by atoms with E-state index in [9.17, 15) is 0 Å². The normalized spacial score (nSPS) is 12.5. The summed E-state index contributed by atoms with van der Waals surface area (Å²) in [5.41, 5.74) is 1.82. The third-order valence-electron chi connectivity index (χ3n) is 3.57. The quantitative estimate of drug-likeness (QED) is 0.639. The van der Waals surface area contributed by atoms with Gasteiger partial charge in [0.25, 0.3) is 0 Å². The predicted octanol–water partition coefficient (Wildman–Crippen LogP) is 4.96. The Balaban J connectivity index is 1.45. The molecule has 24 heavy (non-hydrogen) atoms. The van der Waals surface area contributed by atoms with Crippen LogP contribution in [0.3, 0.4) is 0 Å². The fourth-order valence-electron chi connectivity index (χ4n) is 2.37. The Morgan fingerprint density at radius 3 is 2.38 bits per heavy atom. The van der Waals surface area contributed by atoms with Crippen LogP contribution in [0.5, 0.6) is 23.0 Å². The molecular formula is C20H15NO3. The van der Waals surface area contributed by atoms with Crippen molar-refractivity contribution in [2.24, 2.45) is 4.99 Å². The summed E-state index contributed by atoms with van der Waals surface area (Å²) < 4.78 is 16.4. The van der Waals surface area contributed by atoms with Gasteiger partial charge in [0.05, 0.1) is 5.69 Å². The average Bonchev–Trinajstić information content (AvgIpc) is 3.10. The summed E-state index contributed by atoms with van der Waals surface area (Å²) in [4.78, 5) is 4.47. The van der Waals surface area contributed by atoms with Crippen molar-refractivity contribution in [3.63, 3.8) is 0 Å². The van der Waals surface area contributed by atoms with Gasteiger partial charge < -0.3 is 14.2 Å². The van der Waals surface area contributed by atoms with E-state index in [1.54, 1.807) is 6.21 Å². The van der Waals surface area contributed by atoms with Crippen LogP contribution < -0.4 is 14.2 Å². The lowest BCUT2D eigenvalue weighted by Crippen LogP contribution is -1.92. The van der Waals surface area contributed by atoms with Crippen LogP contribution in [0.2, 0.25) is 0 Å². The molecule has 4 rings (SSSR count). The van der Waals surface area contributed by atoms with Gasteiger partial charge in [0.15, 0.2) is 11.5 Å². The molecule has 0 N–H and O–H groups in total. The Morgan fingerprint density at radius 1 is 0.792 bits per heavy atom. The maximum atomic E-state index is 5.76. The van der Waals surface area contributed by atoms with Crippen molar-refractivity contribution in [3.05, 3.63) is 78.4 Å². The van der Waals surface area contributed by atoms with Crippen molar-refractivity contribution in [2.75, 3.05) is 6.79 Å². The zero-order chi connectivity index (χ0) is 16.2. The van der Waals surface area contributed by atoms with E-state index in [0.29, 0.717) is 0 Å². The SMILES string of the molecule is C(=Nc1ccc(Oc2ccccc2)cc1)c1ccc2c(c1)OCO2. The van der Waals surface area contributed by atoms with E-state index in [2.05, 4.69) is 4.99 Å². The molecule has 0 aliphatic carbocycles. The van der Waals surface area contributed by atoms with Gasteiger partial charge in [-0.1, -0.05) is 18.2 Å². The number of para-hydroxylation sites is 1. The first-order chi connectivity index (χ1) is 11.9. The van der Waals surface area contributed by atoms with E-state index in [0.717, 1.165) is 34.2 Å². The fourth-order valence-corrected chi connectivity index (χ4v) is 2.37. The Morgan fingerprint density at radius 2 is 1.54 bits per heavy atom. The third kappa shape index (κ3) is 3.22. The highest BCUT2D eigenvalue weighted by Gasteiger charge is 2.12. The van der Waals surface area contributed by atoms with E-state index >= 15 is 0 Å². The Hall–Kier alpha value is -3.27. The number of benzene rings is 3. The number of fused-ring (bicyclic) bond motifs is 1. The zero-order valence-electron chi connectivity index (χ0n) is 12.9. The second-order valence-corrected chi connectivity index (χ2v) is 5.28. The van der Waals surface area contributed by atoms with Crippen molar-refractivity contribution >= 4 is 11.9 Å². The molecule has 0 radical (unpaired) electrons. The predicted molar refractivity (Wildman–Crippen MR) is 92.8 cm³/mol. The molecule has 118 valence electrons. The second kappa shape index (κ2) is 6.46. The first kappa shape index (κ1) is 14.3. The minimum absolute atomic E-state index is 0.277. The van der Waals surface area contributed by atoms with E-state index in [4.69, 9.17) is 14.2 Å². The smallest absolute Gasteiger partial charge is 0.231 e. The molecule has 0 aromatic heterocycles. The Kier molecular flexibility index (Phi) is 3.86. The molecular weight excluding hydrogens is 302 g/mol. The number of aliphatic imine (C=N–C) groups is 1. The molecule has 0 amide bonds. The van der Waals surface area contributed by atoms with E-state index in [1.165, 1.54) is 0 Å². The van der Waals surface area contributed by atoms with Gasteiger partial charge in [-0.25, -0.2) is 0 Å². The number of hydrogen-bond acceptors (Lipinski definition) is 4. The number of hydrogen-bond donors (Lipinski definition) is 0. The standard InChI is InChI=1S/C20H15NO3/c1-2-4-17(5-3-1)24-18-9-7-16(8-10-18)21-13-15-6-11-19-20(12-15)23-14-22-19/h1-13H,14H2. The summed E-state index contributed by atoms with van der Waals surface area (Å²) >= 11 is 0. The minimum Gasteiger partial charge on any atom is -0.457 e. The van der Waals surface area contributed by atoms with Gasteiger partial charge >= 0.3 is 0 Å². The second-order valence-electron chi connectivity index (χ2n) is 5.28. The highest BCUT2D eigenvalue weighted by Crippen LogP contribution is 2.32. The molecule has 0 spiro atoms. The molecule has 0 unspecified atom stereocenters. The van der Waals surface area contributed by atoms with Crippen LogP contribution in [0.15, 0.2) is 77.8 Å². The van der Waals surface area contributed by atoms with Gasteiger partial charge in [0.2, 0.25) is 6.79 Å². The first-order valence-corrected chi connectivity index (χ1v) is 7.63. The first-order valence-electron chi connectivity index (χ1n) is 7.63. The summed E-state index contributed by atoms with van der Waals surface area (Å²) in [6.07, 6.45) is 1.80. The summed E-state index contributed by atoms with van der Waals surface area (Å²) in [5.74, 6) is 3.12. The minimum atomic E-state index is 0.277. The largest absolute Gasteiger partial charge is 0.457 e. The van der Waals surface area contributed by atoms with Crippen LogP contribution in [0.25, 0.3) is 0 Å². The van der Waals surface area contributed by atoms with Crippen molar-refractivity contribution in [2.45, 2.75) is 0 Å². The van der Waals surface area contributed by atoms with Crippen molar-refractivity contribution in [1.29, 1.82) is 0 Å². The summed E-state index contributed by atoms with van der Waals surface area (Å²) in [6, 6.07) is 23.1. The monoisotopic (exact) mass is 317 g/mol. The third-order valence-corrected chi connectivity index (χ3v) is 3.57. The highest BCUT2D eigenvalue weighted by atomic mass is 16.7. The molecule has 0 atom stereocenters. The molecule has 0 bridgehead atoms. The van der Waals surface area contributed by atoms with Crippen LogP contribution in [-0.4, -0.2) is 13.0 Å². The maximum absolute atomic E-state index is 5.76. The molecule has 1 aliphatic heterocycles. The molecule has 1 heterocycles. The molecule has 4 heteroatoms. The number of rotatable bonds is 4. The zero-order valence-corrected chi connectivity index (χ0v) is 12.9. The maximum Gasteiger partial charge on any atom is 0.231 e. The van der Waals surface area contributed by atoms with Gasteiger partial charge in [-0.3, -0.25) is 4.99 Å². The number of nitrogens with zero attached hydrogens (tertiary/aromatic N) is 1. The van der Waals surface area contributed by atoms with Gasteiger partial charge in [0, 0.05) is 6.21 Å². The van der Waals surface area contributed by atoms with Crippen LogP contribution in [0.1, 0.15) is 5.56 Å². The summed E-state index contributed by atoms with van der Waals surface area (Å²) in [7, 11) is 0. The van der Waals surface area contributed by atoms with E-state index < -0.39 is 0 Å². The highest BCUT2D eigenvalue weighted by molar-refractivity contribution is 5.83. The van der Waals surface area contributed by atoms with Crippen LogP contribution in [-0.2, 0) is 0 Å². The van der Waals surface area contributed by atoms with Gasteiger partial charge in [-0.05, 0) is 60.2 Å². The van der Waals surface area contributed by atoms with Crippen molar-refractivity contribution in [1.82, 2.24) is 0 Å². The Bertz CT molecular complexity index is 858. The van der Waals surface area contributed by atoms with Crippen LogP contribution in [0.4, 0.5) is 5.69 Å². The number of ether oxygens (including phenoxy) is 3. The van der Waals surface area contributed by atoms with Gasteiger partial charge in [-0.2, -0.15) is 0 Å². The lowest BCUT2D eigenvalue weighted by Gasteiger charge is -2.05. The van der Waals surface area contributed by atoms with Crippen molar-refractivity contribution < 1.29 is 14.2 Å². The van der Waals surface area contributed by atoms with Gasteiger partial charge in [0.1, 0.15) is 11.5 Å².